The second kappa shape index (κ2) is 12.3. The summed E-state index contributed by atoms with van der Waals surface area (Å²) in [6, 6.07) is -1.40. The van der Waals surface area contributed by atoms with Crippen molar-refractivity contribution in [3.8, 4) is 0 Å². The molecule has 5 rings (SSSR count). The number of aliphatic carboxylic acids is 2. The molecule has 5 heterocycles. The number of nitrogens with zero attached hydrogens (tertiary/aromatic N) is 5. The van der Waals surface area contributed by atoms with E-state index in [0.29, 0.717) is 37.9 Å². The number of carbonyl (C=O) groups excluding carboxylic acids is 3. The van der Waals surface area contributed by atoms with E-state index >= 15 is 0 Å². The van der Waals surface area contributed by atoms with Crippen LogP contribution in [0.2, 0.25) is 0 Å². The predicted octanol–water partition coefficient (Wildman–Crippen LogP) is 0.0333. The highest BCUT2D eigenvalue weighted by Gasteiger charge is 2.54. The molecule has 0 radical (unpaired) electrons. The van der Waals surface area contributed by atoms with Crippen molar-refractivity contribution in [3.05, 3.63) is 41.1 Å². The third kappa shape index (κ3) is 6.09. The molecule has 0 saturated carbocycles. The summed E-state index contributed by atoms with van der Waals surface area (Å²) >= 11 is 1.20. The highest BCUT2D eigenvalue weighted by Crippen LogP contribution is 2.41. The molecule has 4 aliphatic heterocycles. The largest absolute Gasteiger partial charge is 0.478 e. The van der Waals surface area contributed by atoms with Crippen LogP contribution in [0.15, 0.2) is 40.6 Å². The molecule has 5 N–H and O–H groups in total. The molecule has 0 aromatic carbocycles. The summed E-state index contributed by atoms with van der Waals surface area (Å²) in [5.74, 6) is -4.43. The first kappa shape index (κ1) is 31.6. The van der Waals surface area contributed by atoms with Crippen LogP contribution in [0, 0.1) is 0 Å². The normalized spacial score (nSPS) is 24.8. The van der Waals surface area contributed by atoms with Gasteiger partial charge in [-0.1, -0.05) is 5.16 Å². The molecule has 17 nitrogen and oxygen atoms in total. The fraction of sp³-hybridized carbons (Fsp3) is 0.481. The summed E-state index contributed by atoms with van der Waals surface area (Å²) < 4.78 is 0. The third-order valence-electron chi connectivity index (χ3n) is 7.94. The van der Waals surface area contributed by atoms with Crippen molar-refractivity contribution in [3.63, 3.8) is 0 Å². The van der Waals surface area contributed by atoms with Crippen LogP contribution >= 0.6 is 11.8 Å². The number of carboxylic acid groups (broad SMARTS) is 3. The fourth-order valence-electron chi connectivity index (χ4n) is 5.46. The number of aromatic amines is 1. The first-order chi connectivity index (χ1) is 21.3. The zero-order chi connectivity index (χ0) is 32.6. The van der Waals surface area contributed by atoms with Gasteiger partial charge < -0.3 is 40.3 Å². The molecule has 0 spiro atoms. The lowest BCUT2D eigenvalue weighted by Gasteiger charge is -2.49. The van der Waals surface area contributed by atoms with Gasteiger partial charge in [0, 0.05) is 31.0 Å². The topological polar surface area (TPSA) is 235 Å². The first-order valence-corrected chi connectivity index (χ1v) is 15.0. The number of thioether (sulfide) groups is 1. The number of nitrogens with one attached hydrogen (secondary N) is 2. The van der Waals surface area contributed by atoms with Crippen LogP contribution < -0.4 is 5.32 Å². The number of hydrogen-bond donors (Lipinski definition) is 5. The van der Waals surface area contributed by atoms with Gasteiger partial charge >= 0.3 is 18.0 Å². The van der Waals surface area contributed by atoms with Gasteiger partial charge in [-0.3, -0.25) is 19.3 Å². The van der Waals surface area contributed by atoms with E-state index in [1.54, 1.807) is 4.90 Å². The summed E-state index contributed by atoms with van der Waals surface area (Å²) in [4.78, 5) is 90.6. The van der Waals surface area contributed by atoms with E-state index in [1.807, 2.05) is 0 Å². The SMILES string of the molecule is CC(C)(O/N=C(\C(=O)N[C@H]1C(=O)N2C(C(=O)O)=C(/C=C3\CCCN(C4CCN(C(=O)O)C4)C3=O)CSC12)c1cnc[nH]1)C(=O)O. The van der Waals surface area contributed by atoms with Gasteiger partial charge in [0.2, 0.25) is 11.5 Å². The fourth-order valence-corrected chi connectivity index (χ4v) is 6.76. The molecule has 4 amide bonds. The Hall–Kier alpha value is -4.87. The molecule has 18 heteroatoms. The van der Waals surface area contributed by atoms with E-state index in [9.17, 15) is 44.1 Å². The second-order valence-electron chi connectivity index (χ2n) is 11.3. The van der Waals surface area contributed by atoms with E-state index < -0.39 is 46.9 Å². The lowest BCUT2D eigenvalue weighted by atomic mass is 9.97. The maximum Gasteiger partial charge on any atom is 0.407 e. The van der Waals surface area contributed by atoms with Crippen molar-refractivity contribution >= 4 is 53.2 Å². The highest BCUT2D eigenvalue weighted by atomic mass is 32.2. The van der Waals surface area contributed by atoms with E-state index in [4.69, 9.17) is 4.84 Å². The number of carbonyl (C=O) groups is 6. The number of piperidine rings is 1. The number of amides is 4. The Kier molecular flexibility index (Phi) is 8.59. The quantitative estimate of drug-likeness (QED) is 0.104. The van der Waals surface area contributed by atoms with E-state index in [2.05, 4.69) is 20.4 Å². The van der Waals surface area contributed by atoms with Crippen LogP contribution in [-0.2, 0) is 28.8 Å². The number of rotatable bonds is 9. The number of hydrogen-bond acceptors (Lipinski definition) is 10. The highest BCUT2D eigenvalue weighted by molar-refractivity contribution is 8.00. The number of oxime groups is 1. The Labute approximate surface area is 259 Å². The minimum absolute atomic E-state index is 0.0908. The summed E-state index contributed by atoms with van der Waals surface area (Å²) in [6.07, 6.45) is 4.52. The molecule has 3 saturated heterocycles. The van der Waals surface area contributed by atoms with Gasteiger partial charge in [-0.25, -0.2) is 19.4 Å². The van der Waals surface area contributed by atoms with Crippen molar-refractivity contribution in [1.82, 2.24) is 30.0 Å². The molecule has 2 unspecified atom stereocenters. The Morgan fingerprint density at radius 3 is 2.58 bits per heavy atom. The molecule has 3 atom stereocenters. The zero-order valence-electron chi connectivity index (χ0n) is 24.3. The molecule has 240 valence electrons. The number of carboxylic acids is 2. The Morgan fingerprint density at radius 1 is 1.20 bits per heavy atom. The zero-order valence-corrected chi connectivity index (χ0v) is 25.1. The number of imidazole rings is 1. The van der Waals surface area contributed by atoms with Crippen LogP contribution in [0.25, 0.3) is 0 Å². The minimum Gasteiger partial charge on any atom is -0.478 e. The van der Waals surface area contributed by atoms with Crippen molar-refractivity contribution in [2.45, 2.75) is 56.2 Å². The first-order valence-electron chi connectivity index (χ1n) is 14.0. The second-order valence-corrected chi connectivity index (χ2v) is 12.4. The maximum absolute atomic E-state index is 13.4. The van der Waals surface area contributed by atoms with E-state index in [1.165, 1.54) is 49.1 Å². The molecule has 1 aromatic heterocycles. The molecule has 0 bridgehead atoms. The maximum atomic E-state index is 13.4. The van der Waals surface area contributed by atoms with Crippen LogP contribution in [0.5, 0.6) is 0 Å². The van der Waals surface area contributed by atoms with Gasteiger partial charge in [0.05, 0.1) is 24.3 Å². The van der Waals surface area contributed by atoms with Crippen LogP contribution in [-0.4, -0.2) is 130 Å². The Bertz CT molecular complexity index is 1540. The monoisotopic (exact) mass is 645 g/mol. The molecule has 45 heavy (non-hydrogen) atoms. The van der Waals surface area contributed by atoms with Gasteiger partial charge in [0.25, 0.3) is 11.8 Å². The van der Waals surface area contributed by atoms with Crippen LogP contribution in [0.3, 0.4) is 0 Å². The van der Waals surface area contributed by atoms with Crippen molar-refractivity contribution in [2.75, 3.05) is 25.4 Å². The lowest BCUT2D eigenvalue weighted by molar-refractivity contribution is -0.161. The summed E-state index contributed by atoms with van der Waals surface area (Å²) in [6.45, 7) is 3.47. The van der Waals surface area contributed by atoms with Crippen molar-refractivity contribution in [1.29, 1.82) is 0 Å². The van der Waals surface area contributed by atoms with Crippen LogP contribution in [0.4, 0.5) is 4.79 Å². The average Bonchev–Trinajstić information content (AvgIpc) is 3.70. The molecule has 1 aromatic rings. The molecular formula is C27H31N7O10S. The number of allylic oxidation sites excluding steroid dienone is 1. The van der Waals surface area contributed by atoms with Crippen molar-refractivity contribution in [2.24, 2.45) is 5.16 Å². The van der Waals surface area contributed by atoms with E-state index in [-0.39, 0.29) is 46.9 Å². The number of fused-ring (bicyclic) bond motifs is 1. The summed E-state index contributed by atoms with van der Waals surface area (Å²) in [7, 11) is 0. The summed E-state index contributed by atoms with van der Waals surface area (Å²) in [5, 5.41) is 34.2. The summed E-state index contributed by atoms with van der Waals surface area (Å²) in [5.41, 5.74) is -1.69. The van der Waals surface area contributed by atoms with Gasteiger partial charge in [-0.2, -0.15) is 0 Å². The Morgan fingerprint density at radius 2 is 1.96 bits per heavy atom. The smallest absolute Gasteiger partial charge is 0.407 e. The minimum atomic E-state index is -1.77. The van der Waals surface area contributed by atoms with Crippen LogP contribution in [0.1, 0.15) is 38.8 Å². The standard InChI is InChI=1S/C27H31N7O10S/c1-27(2,25(40)41)44-31-17(16-9-28-12-29-16)20(35)30-18-22(37)34-19(24(38)39)14(11-45-23(18)34)8-13-4-3-6-33(21(13)36)15-5-7-32(10-15)26(42)43/h8-9,12,15,18,23H,3-7,10-11H2,1-2H3,(H,28,29)(H,30,35)(H,38,39)(H,40,41)(H,42,43)/b13-8+,31-17-/t15?,18-,23?/m0/s1. The van der Waals surface area contributed by atoms with E-state index in [0.717, 1.165) is 4.90 Å². The molecule has 3 fully saturated rings. The predicted molar refractivity (Wildman–Crippen MR) is 155 cm³/mol. The van der Waals surface area contributed by atoms with Crippen molar-refractivity contribution < 1.29 is 48.9 Å². The number of β-lactam (4-membered cyclic amide) rings is 1. The average molecular weight is 646 g/mol. The molecular weight excluding hydrogens is 614 g/mol. The third-order valence-corrected chi connectivity index (χ3v) is 9.24. The number of aromatic nitrogens is 2. The number of H-pyrrole nitrogens is 1. The molecule has 0 aliphatic carbocycles. The van der Waals surface area contributed by atoms with Gasteiger partial charge in [-0.15, -0.1) is 11.8 Å². The Balaban J connectivity index is 1.33. The van der Waals surface area contributed by atoms with Gasteiger partial charge in [0.1, 0.15) is 17.1 Å². The number of likely N-dealkylation sites (tertiary alicyclic amines) is 2. The lowest BCUT2D eigenvalue weighted by Crippen LogP contribution is -2.71. The van der Waals surface area contributed by atoms with Gasteiger partial charge in [-0.05, 0) is 44.8 Å². The van der Waals surface area contributed by atoms with Gasteiger partial charge in [0.15, 0.2) is 5.71 Å². The molecule has 4 aliphatic rings.